The molecular formula is C17H21N5O2S. The molecule has 0 fully saturated rings. The molecule has 0 radical (unpaired) electrons. The molecule has 1 N–H and O–H groups in total. The maximum absolute atomic E-state index is 12.0. The zero-order chi connectivity index (χ0) is 18.3. The Hall–Kier alpha value is -2.74. The Kier molecular flexibility index (Phi) is 6.24. The summed E-state index contributed by atoms with van der Waals surface area (Å²) in [6.45, 7) is 1.87. The van der Waals surface area contributed by atoms with Crippen LogP contribution in [0.2, 0.25) is 0 Å². The second-order valence-electron chi connectivity index (χ2n) is 5.42. The van der Waals surface area contributed by atoms with Crippen molar-refractivity contribution < 1.29 is 8.42 Å². The highest BCUT2D eigenvalue weighted by atomic mass is 32.2. The largest absolute Gasteiger partial charge is 0.378 e. The molecule has 0 bridgehead atoms. The number of sulfonamides is 1. The van der Waals surface area contributed by atoms with Crippen LogP contribution in [0.25, 0.3) is 0 Å². The molecule has 25 heavy (non-hydrogen) atoms. The number of nitrogens with zero attached hydrogens (tertiary/aromatic N) is 4. The zero-order valence-electron chi connectivity index (χ0n) is 14.4. The van der Waals surface area contributed by atoms with Crippen molar-refractivity contribution in [1.82, 2.24) is 4.83 Å². The van der Waals surface area contributed by atoms with Crippen LogP contribution < -0.4 is 9.73 Å². The first-order chi connectivity index (χ1) is 11.9. The fraction of sp³-hybridized carbons (Fsp3) is 0.235. The van der Waals surface area contributed by atoms with Gasteiger partial charge in [-0.3, -0.25) is 0 Å². The van der Waals surface area contributed by atoms with E-state index in [1.807, 2.05) is 50.2 Å². The second-order valence-corrected chi connectivity index (χ2v) is 7.08. The molecule has 0 saturated carbocycles. The summed E-state index contributed by atoms with van der Waals surface area (Å²) < 4.78 is 24.0. The quantitative estimate of drug-likeness (QED) is 0.463. The van der Waals surface area contributed by atoms with Crippen molar-refractivity contribution in [3.8, 4) is 0 Å². The monoisotopic (exact) mass is 359 g/mol. The summed E-state index contributed by atoms with van der Waals surface area (Å²) in [5.74, 6) is 0. The van der Waals surface area contributed by atoms with Crippen molar-refractivity contribution in [3.63, 3.8) is 0 Å². The van der Waals surface area contributed by atoms with E-state index >= 15 is 0 Å². The van der Waals surface area contributed by atoms with E-state index in [1.54, 1.807) is 12.1 Å². The predicted octanol–water partition coefficient (Wildman–Crippen LogP) is 3.84. The van der Waals surface area contributed by atoms with Crippen molar-refractivity contribution in [2.24, 2.45) is 15.3 Å². The molecule has 0 atom stereocenters. The van der Waals surface area contributed by atoms with Crippen molar-refractivity contribution in [1.29, 1.82) is 0 Å². The van der Waals surface area contributed by atoms with Gasteiger partial charge in [0.25, 0.3) is 10.0 Å². The average Bonchev–Trinajstić information content (AvgIpc) is 2.61. The molecule has 2 rings (SSSR count). The Morgan fingerprint density at radius 1 is 0.960 bits per heavy atom. The van der Waals surface area contributed by atoms with E-state index in [-0.39, 0.29) is 4.90 Å². The minimum atomic E-state index is -3.65. The number of hydrogen-bond donors (Lipinski definition) is 1. The van der Waals surface area contributed by atoms with Gasteiger partial charge in [-0.2, -0.15) is 23.7 Å². The normalized spacial score (nSPS) is 12.0. The van der Waals surface area contributed by atoms with Crippen LogP contribution in [0.15, 0.2) is 68.8 Å². The van der Waals surface area contributed by atoms with Gasteiger partial charge in [0.05, 0.1) is 16.3 Å². The lowest BCUT2D eigenvalue weighted by Crippen LogP contribution is -2.17. The Morgan fingerprint density at radius 3 is 1.96 bits per heavy atom. The van der Waals surface area contributed by atoms with Gasteiger partial charge in [0.2, 0.25) is 0 Å². The molecular weight excluding hydrogens is 338 g/mol. The molecule has 0 aliphatic heterocycles. The van der Waals surface area contributed by atoms with Crippen LogP contribution in [0, 0.1) is 0 Å². The molecule has 0 heterocycles. The Bertz CT molecular complexity index is 842. The second kappa shape index (κ2) is 8.39. The van der Waals surface area contributed by atoms with Crippen molar-refractivity contribution in [2.75, 3.05) is 19.0 Å². The smallest absolute Gasteiger partial charge is 0.276 e. The van der Waals surface area contributed by atoms with Gasteiger partial charge in [0, 0.05) is 26.0 Å². The zero-order valence-corrected chi connectivity index (χ0v) is 15.2. The summed E-state index contributed by atoms with van der Waals surface area (Å²) in [7, 11) is 0.279. The van der Waals surface area contributed by atoms with E-state index in [9.17, 15) is 8.42 Å². The number of nitrogens with one attached hydrogen (secondary N) is 1. The third-order valence-electron chi connectivity index (χ3n) is 3.24. The Balaban J connectivity index is 2.08. The van der Waals surface area contributed by atoms with Crippen LogP contribution in [0.5, 0.6) is 0 Å². The highest BCUT2D eigenvalue weighted by Crippen LogP contribution is 2.22. The number of anilines is 1. The standard InChI is InChI=1S/C17H21N5O2S/c1-4-13-18-21-25(23,24)17-11-7-15(8-12-17)20-19-14-5-9-16(10-6-14)22(2)3/h5-13,21H,4H2,1-3H3/b18-13+,20-19?. The van der Waals surface area contributed by atoms with Gasteiger partial charge in [-0.1, -0.05) is 6.92 Å². The Labute approximate surface area is 148 Å². The van der Waals surface area contributed by atoms with Crippen LogP contribution in [0.4, 0.5) is 17.1 Å². The van der Waals surface area contributed by atoms with Crippen LogP contribution >= 0.6 is 0 Å². The van der Waals surface area contributed by atoms with Crippen LogP contribution in [0.3, 0.4) is 0 Å². The third-order valence-corrected chi connectivity index (χ3v) is 4.48. The predicted molar refractivity (Wildman–Crippen MR) is 100 cm³/mol. The highest BCUT2D eigenvalue weighted by molar-refractivity contribution is 7.89. The number of hydrazone groups is 1. The van der Waals surface area contributed by atoms with E-state index < -0.39 is 10.0 Å². The SMILES string of the molecule is CC/C=N/NS(=O)(=O)c1ccc(N=Nc2ccc(N(C)C)cc2)cc1. The van der Waals surface area contributed by atoms with E-state index in [2.05, 4.69) is 20.2 Å². The molecule has 8 heteroatoms. The van der Waals surface area contributed by atoms with Crippen molar-refractivity contribution >= 4 is 33.3 Å². The molecule has 0 aliphatic carbocycles. The van der Waals surface area contributed by atoms with E-state index in [4.69, 9.17) is 0 Å². The molecule has 0 saturated heterocycles. The Morgan fingerprint density at radius 2 is 1.48 bits per heavy atom. The van der Waals surface area contributed by atoms with Gasteiger partial charge < -0.3 is 4.90 Å². The van der Waals surface area contributed by atoms with Crippen molar-refractivity contribution in [2.45, 2.75) is 18.2 Å². The first-order valence-electron chi connectivity index (χ1n) is 7.75. The number of rotatable bonds is 7. The number of benzene rings is 2. The summed E-state index contributed by atoms with van der Waals surface area (Å²) in [6, 6.07) is 13.8. The minimum absolute atomic E-state index is 0.120. The molecule has 2 aromatic carbocycles. The first kappa shape index (κ1) is 18.6. The van der Waals surface area contributed by atoms with Gasteiger partial charge in [0.1, 0.15) is 0 Å². The van der Waals surface area contributed by atoms with Crippen LogP contribution in [-0.4, -0.2) is 28.7 Å². The molecule has 0 aliphatic rings. The van der Waals surface area contributed by atoms with E-state index in [0.29, 0.717) is 12.1 Å². The lowest BCUT2D eigenvalue weighted by atomic mass is 10.3. The fourth-order valence-corrected chi connectivity index (χ4v) is 2.69. The third kappa shape index (κ3) is 5.39. The molecule has 7 nitrogen and oxygen atoms in total. The number of hydrogen-bond acceptors (Lipinski definition) is 6. The number of azo groups is 1. The summed E-state index contributed by atoms with van der Waals surface area (Å²) in [6.07, 6.45) is 2.14. The molecule has 2 aromatic rings. The molecule has 0 amide bonds. The lowest BCUT2D eigenvalue weighted by molar-refractivity contribution is 0.584. The van der Waals surface area contributed by atoms with Crippen molar-refractivity contribution in [3.05, 3.63) is 48.5 Å². The maximum atomic E-state index is 12.0. The minimum Gasteiger partial charge on any atom is -0.378 e. The topological polar surface area (TPSA) is 86.5 Å². The van der Waals surface area contributed by atoms with Gasteiger partial charge in [-0.15, -0.1) is 0 Å². The molecule has 0 aromatic heterocycles. The fourth-order valence-electron chi connectivity index (χ4n) is 1.88. The van der Waals surface area contributed by atoms with E-state index in [0.717, 1.165) is 11.4 Å². The molecule has 0 spiro atoms. The summed E-state index contributed by atoms with van der Waals surface area (Å²) in [5, 5.41) is 11.9. The average molecular weight is 359 g/mol. The van der Waals surface area contributed by atoms with Crippen LogP contribution in [-0.2, 0) is 10.0 Å². The molecule has 0 unspecified atom stereocenters. The summed E-state index contributed by atoms with van der Waals surface area (Å²) in [4.78, 5) is 4.27. The summed E-state index contributed by atoms with van der Waals surface area (Å²) in [5.41, 5.74) is 2.36. The van der Waals surface area contributed by atoms with Gasteiger partial charge in [-0.25, -0.2) is 4.83 Å². The summed E-state index contributed by atoms with van der Waals surface area (Å²) >= 11 is 0. The van der Waals surface area contributed by atoms with Gasteiger partial charge in [0.15, 0.2) is 0 Å². The maximum Gasteiger partial charge on any atom is 0.276 e. The lowest BCUT2D eigenvalue weighted by Gasteiger charge is -2.11. The van der Waals surface area contributed by atoms with Gasteiger partial charge >= 0.3 is 0 Å². The first-order valence-corrected chi connectivity index (χ1v) is 9.23. The van der Waals surface area contributed by atoms with Gasteiger partial charge in [-0.05, 0) is 55.0 Å². The van der Waals surface area contributed by atoms with E-state index in [1.165, 1.54) is 18.3 Å². The van der Waals surface area contributed by atoms with Crippen LogP contribution in [0.1, 0.15) is 13.3 Å². The highest BCUT2D eigenvalue weighted by Gasteiger charge is 2.12. The molecule has 132 valence electrons.